The molecular weight excluding hydrogens is 334 g/mol. The molecule has 1 atom stereocenters. The van der Waals surface area contributed by atoms with Crippen molar-refractivity contribution in [2.24, 2.45) is 5.92 Å². The lowest BCUT2D eigenvalue weighted by Crippen LogP contribution is -2.57. The van der Waals surface area contributed by atoms with E-state index < -0.39 is 17.4 Å². The lowest BCUT2D eigenvalue weighted by Gasteiger charge is -2.41. The number of fused-ring (bicyclic) bond motifs is 1. The molecule has 7 heteroatoms. The third-order valence-corrected chi connectivity index (χ3v) is 6.02. The molecule has 3 aliphatic heterocycles. The molecule has 138 valence electrons. The fraction of sp³-hybridized carbons (Fsp3) is 0.526. The molecule has 2 fully saturated rings. The highest BCUT2D eigenvalue weighted by Crippen LogP contribution is 2.37. The number of carboxylic acids is 1. The first-order valence-electron chi connectivity index (χ1n) is 9.07. The molecule has 3 heterocycles. The lowest BCUT2D eigenvalue weighted by atomic mass is 9.77. The molecular formula is C19H23N3O4. The van der Waals surface area contributed by atoms with Gasteiger partial charge in [0.05, 0.1) is 18.0 Å². The van der Waals surface area contributed by atoms with E-state index in [1.165, 1.54) is 11.1 Å². The fourth-order valence-corrected chi connectivity index (χ4v) is 4.56. The zero-order chi connectivity index (χ0) is 18.3. The predicted molar refractivity (Wildman–Crippen MR) is 93.0 cm³/mol. The number of nitrogens with one attached hydrogen (secondary N) is 1. The van der Waals surface area contributed by atoms with E-state index in [9.17, 15) is 19.5 Å². The maximum Gasteiger partial charge on any atom is 0.309 e. The number of nitrogens with zero attached hydrogens (tertiary/aromatic N) is 2. The van der Waals surface area contributed by atoms with E-state index in [1.54, 1.807) is 4.90 Å². The van der Waals surface area contributed by atoms with Crippen molar-refractivity contribution in [3.63, 3.8) is 0 Å². The zero-order valence-electron chi connectivity index (χ0n) is 14.6. The first-order valence-corrected chi connectivity index (χ1v) is 9.07. The minimum absolute atomic E-state index is 0.0370. The summed E-state index contributed by atoms with van der Waals surface area (Å²) in [6, 6.07) is 8.23. The predicted octanol–water partition coefficient (Wildman–Crippen LogP) is 0.584. The summed E-state index contributed by atoms with van der Waals surface area (Å²) in [4.78, 5) is 39.8. The molecule has 7 nitrogen and oxygen atoms in total. The van der Waals surface area contributed by atoms with Gasteiger partial charge in [0.15, 0.2) is 0 Å². The molecule has 1 spiro atoms. The summed E-state index contributed by atoms with van der Waals surface area (Å²) < 4.78 is 0. The van der Waals surface area contributed by atoms with Gasteiger partial charge in [0.1, 0.15) is 0 Å². The smallest absolute Gasteiger partial charge is 0.309 e. The molecule has 1 aromatic rings. The van der Waals surface area contributed by atoms with Gasteiger partial charge in [0, 0.05) is 32.6 Å². The largest absolute Gasteiger partial charge is 0.481 e. The van der Waals surface area contributed by atoms with Crippen LogP contribution in [-0.4, -0.2) is 57.9 Å². The quantitative estimate of drug-likeness (QED) is 0.826. The summed E-state index contributed by atoms with van der Waals surface area (Å²) in [6.07, 6.45) is 1.04. The molecule has 2 amide bonds. The van der Waals surface area contributed by atoms with Crippen LogP contribution in [0.3, 0.4) is 0 Å². The Labute approximate surface area is 152 Å². The standard InChI is InChI=1S/C19H23N3O4/c23-16-9-15(18(25)26)19(20-16)5-7-22(8-6-19)17(24)12-21-10-13-3-1-2-4-14(13)11-21/h1-4,15H,5-12H2,(H,20,23)(H,25,26)/t15-/m0/s1. The van der Waals surface area contributed by atoms with Crippen LogP contribution in [0.4, 0.5) is 0 Å². The van der Waals surface area contributed by atoms with Gasteiger partial charge in [-0.1, -0.05) is 24.3 Å². The molecule has 4 rings (SSSR count). The second kappa shape index (κ2) is 6.39. The number of piperidine rings is 1. The highest BCUT2D eigenvalue weighted by molar-refractivity contribution is 5.88. The maximum absolute atomic E-state index is 12.7. The third-order valence-electron chi connectivity index (χ3n) is 6.02. The summed E-state index contributed by atoms with van der Waals surface area (Å²) in [7, 11) is 0. The summed E-state index contributed by atoms with van der Waals surface area (Å²) in [5.74, 6) is -1.76. The minimum atomic E-state index is -0.932. The van der Waals surface area contributed by atoms with Crippen LogP contribution >= 0.6 is 0 Å². The molecule has 0 radical (unpaired) electrons. The summed E-state index contributed by atoms with van der Waals surface area (Å²) >= 11 is 0. The highest BCUT2D eigenvalue weighted by Gasteiger charge is 2.52. The van der Waals surface area contributed by atoms with Gasteiger partial charge in [-0.2, -0.15) is 0 Å². The Morgan fingerprint density at radius 3 is 2.35 bits per heavy atom. The average Bonchev–Trinajstić information content (AvgIpc) is 3.15. The highest BCUT2D eigenvalue weighted by atomic mass is 16.4. The van der Waals surface area contributed by atoms with E-state index in [1.807, 2.05) is 12.1 Å². The van der Waals surface area contributed by atoms with Crippen LogP contribution in [-0.2, 0) is 27.5 Å². The van der Waals surface area contributed by atoms with Gasteiger partial charge >= 0.3 is 5.97 Å². The van der Waals surface area contributed by atoms with Crippen molar-refractivity contribution in [2.45, 2.75) is 37.9 Å². The maximum atomic E-state index is 12.7. The third kappa shape index (κ3) is 2.96. The number of amides is 2. The van der Waals surface area contributed by atoms with E-state index >= 15 is 0 Å². The second-order valence-corrected chi connectivity index (χ2v) is 7.59. The van der Waals surface area contributed by atoms with Crippen LogP contribution in [0.15, 0.2) is 24.3 Å². The molecule has 3 aliphatic rings. The van der Waals surface area contributed by atoms with Gasteiger partial charge < -0.3 is 15.3 Å². The molecule has 2 saturated heterocycles. The normalized spacial score (nSPS) is 24.5. The van der Waals surface area contributed by atoms with E-state index in [0.29, 0.717) is 32.5 Å². The van der Waals surface area contributed by atoms with Gasteiger partial charge in [-0.05, 0) is 24.0 Å². The molecule has 0 aliphatic carbocycles. The molecule has 0 aromatic heterocycles. The minimum Gasteiger partial charge on any atom is -0.481 e. The molecule has 2 N–H and O–H groups in total. The van der Waals surface area contributed by atoms with Crippen LogP contribution in [0.5, 0.6) is 0 Å². The van der Waals surface area contributed by atoms with Gasteiger partial charge in [0.2, 0.25) is 11.8 Å². The van der Waals surface area contributed by atoms with E-state index in [0.717, 1.165) is 13.1 Å². The number of aliphatic carboxylic acids is 1. The van der Waals surface area contributed by atoms with Gasteiger partial charge in [0.25, 0.3) is 0 Å². The van der Waals surface area contributed by atoms with E-state index in [2.05, 4.69) is 22.3 Å². The first-order chi connectivity index (χ1) is 12.5. The summed E-state index contributed by atoms with van der Waals surface area (Å²) in [6.45, 7) is 2.93. The number of carbonyl (C=O) groups excluding carboxylic acids is 2. The summed E-state index contributed by atoms with van der Waals surface area (Å²) in [5.41, 5.74) is 1.86. The van der Waals surface area contributed by atoms with Gasteiger partial charge in [-0.15, -0.1) is 0 Å². The fourth-order valence-electron chi connectivity index (χ4n) is 4.56. The molecule has 0 saturated carbocycles. The van der Waals surface area contributed by atoms with Crippen molar-refractivity contribution in [1.82, 2.24) is 15.1 Å². The van der Waals surface area contributed by atoms with Crippen molar-refractivity contribution in [1.29, 1.82) is 0 Å². The first kappa shape index (κ1) is 17.0. The number of likely N-dealkylation sites (tertiary alicyclic amines) is 1. The van der Waals surface area contributed by atoms with Crippen molar-refractivity contribution < 1.29 is 19.5 Å². The summed E-state index contributed by atoms with van der Waals surface area (Å²) in [5, 5.41) is 12.3. The van der Waals surface area contributed by atoms with Crippen LogP contribution < -0.4 is 5.32 Å². The number of benzene rings is 1. The Hall–Kier alpha value is -2.41. The topological polar surface area (TPSA) is 90.0 Å². The Morgan fingerprint density at radius 2 is 1.77 bits per heavy atom. The number of hydrogen-bond donors (Lipinski definition) is 2. The SMILES string of the molecule is O=C1C[C@@H](C(=O)O)C2(CCN(C(=O)CN3Cc4ccccc4C3)CC2)N1. The number of hydrogen-bond acceptors (Lipinski definition) is 4. The number of rotatable bonds is 3. The molecule has 1 aromatic carbocycles. The molecule has 0 unspecified atom stereocenters. The average molecular weight is 357 g/mol. The van der Waals surface area contributed by atoms with Crippen LogP contribution in [0.1, 0.15) is 30.4 Å². The Bertz CT molecular complexity index is 730. The molecule has 0 bridgehead atoms. The van der Waals surface area contributed by atoms with Gasteiger partial charge in [-0.25, -0.2) is 0 Å². The number of carboxylic acid groups (broad SMARTS) is 1. The van der Waals surface area contributed by atoms with Crippen molar-refractivity contribution in [2.75, 3.05) is 19.6 Å². The Balaban J connectivity index is 1.34. The number of carbonyl (C=O) groups is 3. The second-order valence-electron chi connectivity index (χ2n) is 7.59. The Morgan fingerprint density at radius 1 is 1.15 bits per heavy atom. The monoisotopic (exact) mass is 357 g/mol. The van der Waals surface area contributed by atoms with Crippen LogP contribution in [0.2, 0.25) is 0 Å². The lowest BCUT2D eigenvalue weighted by molar-refractivity contribution is -0.145. The van der Waals surface area contributed by atoms with Crippen molar-refractivity contribution in [3.8, 4) is 0 Å². The molecule has 26 heavy (non-hydrogen) atoms. The Kier molecular flexibility index (Phi) is 4.19. The van der Waals surface area contributed by atoms with Crippen LogP contribution in [0, 0.1) is 5.92 Å². The van der Waals surface area contributed by atoms with Crippen molar-refractivity contribution in [3.05, 3.63) is 35.4 Å². The van der Waals surface area contributed by atoms with Gasteiger partial charge in [-0.3, -0.25) is 19.3 Å². The zero-order valence-corrected chi connectivity index (χ0v) is 14.6. The van der Waals surface area contributed by atoms with E-state index in [-0.39, 0.29) is 18.2 Å². The van der Waals surface area contributed by atoms with Crippen LogP contribution in [0.25, 0.3) is 0 Å². The van der Waals surface area contributed by atoms with Crippen molar-refractivity contribution >= 4 is 17.8 Å². The van der Waals surface area contributed by atoms with E-state index in [4.69, 9.17) is 0 Å².